The minimum absolute atomic E-state index is 0.0536. The Labute approximate surface area is 148 Å². The number of benzene rings is 1. The van der Waals surface area contributed by atoms with E-state index in [-0.39, 0.29) is 12.3 Å². The molecule has 1 amide bonds. The van der Waals surface area contributed by atoms with Crippen molar-refractivity contribution in [3.8, 4) is 0 Å². The Morgan fingerprint density at radius 2 is 2.00 bits per heavy atom. The van der Waals surface area contributed by atoms with Gasteiger partial charge in [0.2, 0.25) is 5.91 Å². The van der Waals surface area contributed by atoms with Gasteiger partial charge in [-0.05, 0) is 56.7 Å². The Morgan fingerprint density at radius 3 is 2.68 bits per heavy atom. The molecule has 5 heteroatoms. The second-order valence-electron chi connectivity index (χ2n) is 6.09. The van der Waals surface area contributed by atoms with Gasteiger partial charge < -0.3 is 14.6 Å². The van der Waals surface area contributed by atoms with E-state index in [2.05, 4.69) is 41.2 Å². The van der Waals surface area contributed by atoms with Crippen molar-refractivity contribution in [3.63, 3.8) is 0 Å². The molecular formula is C20H24N4O. The Morgan fingerprint density at radius 1 is 1.20 bits per heavy atom. The topological polar surface area (TPSA) is 49.6 Å². The van der Waals surface area contributed by atoms with Gasteiger partial charge in [0.25, 0.3) is 0 Å². The summed E-state index contributed by atoms with van der Waals surface area (Å²) >= 11 is 0. The molecule has 0 radical (unpaired) electrons. The van der Waals surface area contributed by atoms with Gasteiger partial charge in [0.1, 0.15) is 5.65 Å². The zero-order valence-electron chi connectivity index (χ0n) is 15.0. The van der Waals surface area contributed by atoms with E-state index in [1.807, 2.05) is 48.0 Å². The molecule has 0 spiro atoms. The Bertz CT molecular complexity index is 847. The lowest BCUT2D eigenvalue weighted by Gasteiger charge is -2.22. The molecule has 3 aromatic rings. The summed E-state index contributed by atoms with van der Waals surface area (Å²) < 4.78 is 1.92. The second-order valence-corrected chi connectivity index (χ2v) is 6.09. The van der Waals surface area contributed by atoms with Gasteiger partial charge in [-0.15, -0.1) is 0 Å². The Kier molecular flexibility index (Phi) is 5.03. The number of carbonyl (C=O) groups is 1. The van der Waals surface area contributed by atoms with Gasteiger partial charge in [-0.3, -0.25) is 4.79 Å². The van der Waals surface area contributed by atoms with Crippen molar-refractivity contribution in [1.82, 2.24) is 9.38 Å². The summed E-state index contributed by atoms with van der Waals surface area (Å²) in [7, 11) is 0. The zero-order chi connectivity index (χ0) is 17.8. The first-order valence-electron chi connectivity index (χ1n) is 8.68. The average molecular weight is 336 g/mol. The molecule has 0 aliphatic rings. The van der Waals surface area contributed by atoms with Crippen LogP contribution in [-0.2, 0) is 11.2 Å². The van der Waals surface area contributed by atoms with Crippen LogP contribution >= 0.6 is 0 Å². The van der Waals surface area contributed by atoms with Gasteiger partial charge in [0, 0.05) is 36.9 Å². The van der Waals surface area contributed by atoms with E-state index in [1.54, 1.807) is 0 Å². The van der Waals surface area contributed by atoms with Crippen LogP contribution in [0.3, 0.4) is 0 Å². The predicted octanol–water partition coefficient (Wildman–Crippen LogP) is 3.67. The molecule has 0 unspecified atom stereocenters. The first-order valence-corrected chi connectivity index (χ1v) is 8.68. The van der Waals surface area contributed by atoms with Crippen molar-refractivity contribution in [2.75, 3.05) is 23.3 Å². The lowest BCUT2D eigenvalue weighted by molar-refractivity contribution is -0.115. The largest absolute Gasteiger partial charge is 0.372 e. The quantitative estimate of drug-likeness (QED) is 0.747. The van der Waals surface area contributed by atoms with Crippen LogP contribution in [0.1, 0.15) is 25.1 Å². The molecule has 0 aliphatic heterocycles. The molecule has 0 atom stereocenters. The summed E-state index contributed by atoms with van der Waals surface area (Å²) in [5.74, 6) is -0.0536. The van der Waals surface area contributed by atoms with Crippen molar-refractivity contribution >= 4 is 22.9 Å². The van der Waals surface area contributed by atoms with E-state index in [0.29, 0.717) is 0 Å². The fraction of sp³-hybridized carbons (Fsp3) is 0.300. The van der Waals surface area contributed by atoms with Crippen LogP contribution in [-0.4, -0.2) is 28.4 Å². The van der Waals surface area contributed by atoms with Gasteiger partial charge in [0.05, 0.1) is 12.1 Å². The van der Waals surface area contributed by atoms with Gasteiger partial charge >= 0.3 is 0 Å². The van der Waals surface area contributed by atoms with Crippen LogP contribution in [0.15, 0.2) is 48.8 Å². The molecule has 5 nitrogen and oxygen atoms in total. The molecule has 0 saturated carbocycles. The van der Waals surface area contributed by atoms with Crippen LogP contribution in [0, 0.1) is 6.92 Å². The molecule has 25 heavy (non-hydrogen) atoms. The van der Waals surface area contributed by atoms with Gasteiger partial charge in [-0.25, -0.2) is 4.98 Å². The first-order chi connectivity index (χ1) is 12.1. The van der Waals surface area contributed by atoms with E-state index in [1.165, 1.54) is 5.69 Å². The lowest BCUT2D eigenvalue weighted by atomic mass is 10.1. The molecular weight excluding hydrogens is 312 g/mol. The third-order valence-corrected chi connectivity index (χ3v) is 4.37. The number of aromatic nitrogens is 2. The van der Waals surface area contributed by atoms with Crippen LogP contribution in [0.4, 0.5) is 11.4 Å². The molecule has 3 rings (SSSR count). The van der Waals surface area contributed by atoms with Crippen molar-refractivity contribution < 1.29 is 4.79 Å². The second kappa shape index (κ2) is 7.38. The highest BCUT2D eigenvalue weighted by Gasteiger charge is 2.10. The monoisotopic (exact) mass is 336 g/mol. The number of carbonyl (C=O) groups excluding carboxylic acids is 1. The summed E-state index contributed by atoms with van der Waals surface area (Å²) in [4.78, 5) is 19.1. The minimum Gasteiger partial charge on any atom is -0.372 e. The third kappa shape index (κ3) is 3.82. The van der Waals surface area contributed by atoms with Crippen LogP contribution in [0.5, 0.6) is 0 Å². The molecule has 130 valence electrons. The number of fused-ring (bicyclic) bond motifs is 1. The number of anilines is 2. The highest BCUT2D eigenvalue weighted by Crippen LogP contribution is 2.22. The van der Waals surface area contributed by atoms with Crippen LogP contribution in [0.25, 0.3) is 5.65 Å². The normalized spacial score (nSPS) is 10.8. The van der Waals surface area contributed by atoms with E-state index < -0.39 is 0 Å². The minimum atomic E-state index is -0.0536. The summed E-state index contributed by atoms with van der Waals surface area (Å²) in [5.41, 5.74) is 4.71. The molecule has 0 saturated heterocycles. The predicted molar refractivity (Wildman–Crippen MR) is 102 cm³/mol. The number of aryl methyl sites for hydroxylation is 1. The van der Waals surface area contributed by atoms with Gasteiger partial charge in [-0.2, -0.15) is 0 Å². The molecule has 1 N–H and O–H groups in total. The van der Waals surface area contributed by atoms with Crippen molar-refractivity contribution in [1.29, 1.82) is 0 Å². The van der Waals surface area contributed by atoms with Crippen LogP contribution < -0.4 is 10.2 Å². The molecule has 0 fully saturated rings. The molecule has 2 heterocycles. The van der Waals surface area contributed by atoms with E-state index in [4.69, 9.17) is 0 Å². The summed E-state index contributed by atoms with van der Waals surface area (Å²) in [6, 6.07) is 12.0. The van der Waals surface area contributed by atoms with Gasteiger partial charge in [-0.1, -0.05) is 6.07 Å². The summed E-state index contributed by atoms with van der Waals surface area (Å²) in [5, 5.41) is 3.00. The van der Waals surface area contributed by atoms with Gasteiger partial charge in [0.15, 0.2) is 0 Å². The molecule has 2 aromatic heterocycles. The average Bonchev–Trinajstić information content (AvgIpc) is 3.00. The first kappa shape index (κ1) is 17.0. The number of imidazole rings is 1. The van der Waals surface area contributed by atoms with Crippen molar-refractivity contribution in [2.45, 2.75) is 27.2 Å². The lowest BCUT2D eigenvalue weighted by Crippen LogP contribution is -2.22. The smallest absolute Gasteiger partial charge is 0.230 e. The maximum absolute atomic E-state index is 12.4. The molecule has 0 aliphatic carbocycles. The number of amides is 1. The maximum atomic E-state index is 12.4. The molecule has 1 aromatic carbocycles. The Balaban J connectivity index is 1.70. The highest BCUT2D eigenvalue weighted by atomic mass is 16.1. The van der Waals surface area contributed by atoms with E-state index >= 15 is 0 Å². The fourth-order valence-corrected chi connectivity index (χ4v) is 3.00. The van der Waals surface area contributed by atoms with E-state index in [0.717, 1.165) is 35.7 Å². The van der Waals surface area contributed by atoms with E-state index in [9.17, 15) is 4.79 Å². The number of pyridine rings is 1. The highest BCUT2D eigenvalue weighted by molar-refractivity contribution is 5.93. The maximum Gasteiger partial charge on any atom is 0.230 e. The number of rotatable bonds is 6. The fourth-order valence-electron chi connectivity index (χ4n) is 3.00. The number of nitrogens with one attached hydrogen (secondary N) is 1. The number of nitrogens with zero attached hydrogens (tertiary/aromatic N) is 3. The summed E-state index contributed by atoms with van der Waals surface area (Å²) in [6.07, 6.45) is 4.09. The van der Waals surface area contributed by atoms with Crippen molar-refractivity contribution in [3.05, 3.63) is 60.0 Å². The Hall–Kier alpha value is -2.82. The number of hydrogen-bond donors (Lipinski definition) is 1. The standard InChI is InChI=1S/C20H24N4O/c1-4-23(5-2)17-9-10-18(15(3)12-17)22-20(25)13-16-14-24-11-7-6-8-19(24)21-16/h6-12,14H,4-5,13H2,1-3H3,(H,22,25). The summed E-state index contributed by atoms with van der Waals surface area (Å²) in [6.45, 7) is 8.24. The third-order valence-electron chi connectivity index (χ3n) is 4.37. The van der Waals surface area contributed by atoms with Crippen molar-refractivity contribution in [2.24, 2.45) is 0 Å². The number of hydrogen-bond acceptors (Lipinski definition) is 3. The zero-order valence-corrected chi connectivity index (χ0v) is 15.0. The SMILES string of the molecule is CCN(CC)c1ccc(NC(=O)Cc2cn3ccccc3n2)c(C)c1. The molecule has 0 bridgehead atoms. The van der Waals surface area contributed by atoms with Crippen LogP contribution in [0.2, 0.25) is 0 Å².